The zero-order valence-electron chi connectivity index (χ0n) is 29.0. The van der Waals surface area contributed by atoms with Crippen LogP contribution in [0.25, 0.3) is 22.4 Å². The molecule has 1 saturated heterocycles. The van der Waals surface area contributed by atoms with Gasteiger partial charge < -0.3 is 24.1 Å². The molecule has 48 heavy (non-hydrogen) atoms. The summed E-state index contributed by atoms with van der Waals surface area (Å²) < 4.78 is 34.6. The maximum absolute atomic E-state index is 14.4. The molecule has 1 N–H and O–H groups in total. The van der Waals surface area contributed by atoms with Crippen LogP contribution in [0.15, 0.2) is 84.9 Å². The van der Waals surface area contributed by atoms with Crippen molar-refractivity contribution in [3.8, 4) is 22.4 Å². The van der Waals surface area contributed by atoms with Crippen LogP contribution in [-0.4, -0.2) is 40.0 Å². The molecule has 1 amide bonds. The molecule has 5 rings (SSSR count). The van der Waals surface area contributed by atoms with Crippen LogP contribution in [-0.2, 0) is 25.5 Å². The molecule has 0 saturated carbocycles. The lowest BCUT2D eigenvalue weighted by Gasteiger charge is -2.41. The third kappa shape index (κ3) is 8.60. The summed E-state index contributed by atoms with van der Waals surface area (Å²) in [4.78, 5) is 27.1. The van der Waals surface area contributed by atoms with Crippen LogP contribution in [0.4, 0.5) is 10.1 Å². The number of carbonyl (C=O) groups is 2. The average molecular weight is 655 g/mol. The van der Waals surface area contributed by atoms with Crippen LogP contribution in [0, 0.1) is 5.82 Å². The first-order valence-corrected chi connectivity index (χ1v) is 16.7. The molecule has 0 aliphatic carbocycles. The molecule has 1 aliphatic rings. The number of hydrogen-bond acceptors (Lipinski definition) is 5. The van der Waals surface area contributed by atoms with E-state index in [0.29, 0.717) is 30.6 Å². The molecular formula is C40H47FN2O5. The third-order valence-electron chi connectivity index (χ3n) is 8.21. The van der Waals surface area contributed by atoms with Crippen LogP contribution in [0.2, 0.25) is 0 Å². The average Bonchev–Trinajstić information content (AvgIpc) is 3.35. The Labute approximate surface area is 283 Å². The van der Waals surface area contributed by atoms with E-state index in [1.54, 1.807) is 12.1 Å². The summed E-state index contributed by atoms with van der Waals surface area (Å²) in [5, 5.41) is 3.12. The molecule has 0 unspecified atom stereocenters. The molecule has 0 spiro atoms. The molecule has 2 atom stereocenters. The molecule has 0 bridgehead atoms. The topological polar surface area (TPSA) is 78.8 Å². The molecule has 3 aromatic carbocycles. The van der Waals surface area contributed by atoms with E-state index in [1.165, 1.54) is 12.1 Å². The van der Waals surface area contributed by atoms with E-state index in [0.717, 1.165) is 28.1 Å². The largest absolute Gasteiger partial charge is 0.460 e. The molecule has 4 aromatic rings. The van der Waals surface area contributed by atoms with Gasteiger partial charge in [-0.15, -0.1) is 0 Å². The van der Waals surface area contributed by atoms with Crippen molar-refractivity contribution in [1.29, 1.82) is 0 Å². The minimum atomic E-state index is -0.900. The first-order valence-electron chi connectivity index (χ1n) is 16.7. The lowest BCUT2D eigenvalue weighted by atomic mass is 9.94. The Morgan fingerprint density at radius 1 is 0.917 bits per heavy atom. The summed E-state index contributed by atoms with van der Waals surface area (Å²) >= 11 is 0. The van der Waals surface area contributed by atoms with E-state index in [9.17, 15) is 14.0 Å². The van der Waals surface area contributed by atoms with Crippen LogP contribution in [0.1, 0.15) is 89.7 Å². The Hall–Kier alpha value is -4.27. The van der Waals surface area contributed by atoms with Gasteiger partial charge in [-0.1, -0.05) is 62.4 Å². The molecule has 2 heterocycles. The molecule has 7 nitrogen and oxygen atoms in total. The normalized spacial score (nSPS) is 17.7. The summed E-state index contributed by atoms with van der Waals surface area (Å²) in [5.41, 5.74) is 4.87. The minimum Gasteiger partial charge on any atom is -0.460 e. The number of nitrogens with zero attached hydrogens (tertiary/aromatic N) is 1. The van der Waals surface area contributed by atoms with E-state index in [2.05, 4.69) is 23.7 Å². The smallest absolute Gasteiger partial charge is 0.308 e. The van der Waals surface area contributed by atoms with Crippen LogP contribution >= 0.6 is 0 Å². The maximum atomic E-state index is 14.4. The van der Waals surface area contributed by atoms with Gasteiger partial charge in [0.15, 0.2) is 5.79 Å². The quantitative estimate of drug-likeness (QED) is 0.172. The van der Waals surface area contributed by atoms with Crippen molar-refractivity contribution in [3.05, 3.63) is 102 Å². The standard InChI is InChI=1S/C40H47FN2O5/c1-26(2)36-35(38(45)42-30-16-12-9-13-17-30)34(27-14-10-8-11-15-27)37(28-18-20-29(41)21-19-28)43(36)23-22-31-24-32(47-40(6,7)46-31)25-33(44)48-39(3,4)5/h8-21,26,31-32H,22-25H2,1-7H3,(H,42,45)/t31-,32-/m1/s1. The molecule has 1 fully saturated rings. The van der Waals surface area contributed by atoms with Gasteiger partial charge in [0.2, 0.25) is 0 Å². The zero-order valence-corrected chi connectivity index (χ0v) is 29.0. The summed E-state index contributed by atoms with van der Waals surface area (Å²) in [6, 6.07) is 25.7. The van der Waals surface area contributed by atoms with Crippen LogP contribution in [0.5, 0.6) is 0 Å². The predicted octanol–water partition coefficient (Wildman–Crippen LogP) is 9.37. The number of nitrogens with one attached hydrogen (secondary N) is 1. The Balaban J connectivity index is 1.59. The van der Waals surface area contributed by atoms with Crippen LogP contribution < -0.4 is 5.32 Å². The van der Waals surface area contributed by atoms with Gasteiger partial charge in [-0.3, -0.25) is 9.59 Å². The van der Waals surface area contributed by atoms with Gasteiger partial charge in [-0.25, -0.2) is 4.39 Å². The Kier molecular flexibility index (Phi) is 10.6. The highest BCUT2D eigenvalue weighted by Gasteiger charge is 2.38. The molecular weight excluding hydrogens is 607 g/mol. The highest BCUT2D eigenvalue weighted by molar-refractivity contribution is 6.12. The van der Waals surface area contributed by atoms with E-state index >= 15 is 0 Å². The van der Waals surface area contributed by atoms with Gasteiger partial charge in [-0.05, 0) is 94.5 Å². The van der Waals surface area contributed by atoms with E-state index in [1.807, 2.05) is 95.3 Å². The summed E-state index contributed by atoms with van der Waals surface area (Å²) in [6.07, 6.45) is 0.635. The number of amides is 1. The SMILES string of the molecule is CC(C)c1c(C(=O)Nc2ccccc2)c(-c2ccccc2)c(-c2ccc(F)cc2)n1CC[C@@H]1C[C@H](CC(=O)OC(C)(C)C)OC(C)(C)O1. The number of halogens is 1. The second kappa shape index (κ2) is 14.5. The van der Waals surface area contributed by atoms with E-state index in [-0.39, 0.29) is 42.2 Å². The molecule has 1 aliphatic heterocycles. The fraction of sp³-hybridized carbons (Fsp3) is 0.400. The highest BCUT2D eigenvalue weighted by Crippen LogP contribution is 2.43. The monoisotopic (exact) mass is 654 g/mol. The second-order valence-corrected chi connectivity index (χ2v) is 14.2. The Morgan fingerprint density at radius 3 is 2.12 bits per heavy atom. The number of aromatic nitrogens is 1. The summed E-state index contributed by atoms with van der Waals surface area (Å²) in [6.45, 7) is 13.9. The molecule has 1 aromatic heterocycles. The maximum Gasteiger partial charge on any atom is 0.308 e. The van der Waals surface area contributed by atoms with Gasteiger partial charge in [-0.2, -0.15) is 0 Å². The number of rotatable bonds is 10. The lowest BCUT2D eigenvalue weighted by Crippen LogP contribution is -2.46. The number of anilines is 1. The number of hydrogen-bond donors (Lipinski definition) is 1. The molecule has 8 heteroatoms. The highest BCUT2D eigenvalue weighted by atomic mass is 19.1. The number of carbonyl (C=O) groups excluding carboxylic acids is 2. The molecule has 254 valence electrons. The predicted molar refractivity (Wildman–Crippen MR) is 187 cm³/mol. The van der Waals surface area contributed by atoms with Crippen molar-refractivity contribution in [1.82, 2.24) is 4.57 Å². The fourth-order valence-corrected chi connectivity index (χ4v) is 6.57. The van der Waals surface area contributed by atoms with Gasteiger partial charge in [0.25, 0.3) is 5.91 Å². The lowest BCUT2D eigenvalue weighted by molar-refractivity contribution is -0.301. The van der Waals surface area contributed by atoms with Crippen molar-refractivity contribution in [2.45, 2.75) is 104 Å². The van der Waals surface area contributed by atoms with Crippen molar-refractivity contribution in [2.75, 3.05) is 5.32 Å². The van der Waals surface area contributed by atoms with Crippen molar-refractivity contribution in [2.24, 2.45) is 0 Å². The Bertz CT molecular complexity index is 1710. The minimum absolute atomic E-state index is 0.0369. The van der Waals surface area contributed by atoms with Crippen molar-refractivity contribution < 1.29 is 28.2 Å². The van der Waals surface area contributed by atoms with E-state index in [4.69, 9.17) is 14.2 Å². The second-order valence-electron chi connectivity index (χ2n) is 14.2. The van der Waals surface area contributed by atoms with Gasteiger partial charge in [0.05, 0.1) is 29.9 Å². The van der Waals surface area contributed by atoms with E-state index < -0.39 is 11.4 Å². The summed E-state index contributed by atoms with van der Waals surface area (Å²) in [5.74, 6) is -1.80. The first kappa shape index (κ1) is 35.0. The summed E-state index contributed by atoms with van der Waals surface area (Å²) in [7, 11) is 0. The number of esters is 1. The fourth-order valence-electron chi connectivity index (χ4n) is 6.57. The number of benzene rings is 3. The Morgan fingerprint density at radius 2 is 1.52 bits per heavy atom. The third-order valence-corrected chi connectivity index (χ3v) is 8.21. The number of ether oxygens (including phenoxy) is 3. The van der Waals surface area contributed by atoms with Crippen LogP contribution in [0.3, 0.4) is 0 Å². The van der Waals surface area contributed by atoms with Gasteiger partial charge >= 0.3 is 5.97 Å². The number of para-hydroxylation sites is 1. The zero-order chi connectivity index (χ0) is 34.6. The molecule has 0 radical (unpaired) electrons. The van der Waals surface area contributed by atoms with Gasteiger partial charge in [0, 0.05) is 29.9 Å². The van der Waals surface area contributed by atoms with Crippen molar-refractivity contribution >= 4 is 17.6 Å². The first-order chi connectivity index (χ1) is 22.7. The van der Waals surface area contributed by atoms with Crippen molar-refractivity contribution in [3.63, 3.8) is 0 Å². The van der Waals surface area contributed by atoms with Gasteiger partial charge in [0.1, 0.15) is 11.4 Å².